The van der Waals surface area contributed by atoms with Gasteiger partial charge in [-0.15, -0.1) is 0 Å². The van der Waals surface area contributed by atoms with Gasteiger partial charge in [0, 0.05) is 19.5 Å². The van der Waals surface area contributed by atoms with E-state index in [9.17, 15) is 14.0 Å². The van der Waals surface area contributed by atoms with Crippen molar-refractivity contribution in [2.24, 2.45) is 5.92 Å². The number of piperidine rings is 1. The number of rotatable bonds is 6. The molecule has 5 heteroatoms. The number of carbonyl (C=O) groups is 2. The molecule has 0 radical (unpaired) electrons. The van der Waals surface area contributed by atoms with Crippen LogP contribution in [-0.2, 0) is 17.6 Å². The lowest BCUT2D eigenvalue weighted by Crippen LogP contribution is -2.39. The average Bonchev–Trinajstić information content (AvgIpc) is 2.69. The fourth-order valence-corrected chi connectivity index (χ4v) is 3.56. The molecule has 27 heavy (non-hydrogen) atoms. The zero-order chi connectivity index (χ0) is 19.2. The SMILES string of the molecule is O=C(O)c1ccc(CCC(=O)N2CCC(Cc3ccc(F)cc3)CC2)cc1. The summed E-state index contributed by atoms with van der Waals surface area (Å²) < 4.78 is 13.0. The number of benzene rings is 2. The summed E-state index contributed by atoms with van der Waals surface area (Å²) in [6, 6.07) is 13.3. The molecule has 3 rings (SSSR count). The van der Waals surface area contributed by atoms with Crippen LogP contribution in [0.4, 0.5) is 4.39 Å². The van der Waals surface area contributed by atoms with Crippen LogP contribution in [0.3, 0.4) is 0 Å². The van der Waals surface area contributed by atoms with Gasteiger partial charge in [0.1, 0.15) is 5.82 Å². The Labute approximate surface area is 158 Å². The number of aromatic carboxylic acids is 1. The smallest absolute Gasteiger partial charge is 0.335 e. The van der Waals surface area contributed by atoms with Gasteiger partial charge in [-0.3, -0.25) is 4.79 Å². The number of aryl methyl sites for hydroxylation is 1. The molecular weight excluding hydrogens is 345 g/mol. The van der Waals surface area contributed by atoms with Crippen LogP contribution in [0.25, 0.3) is 0 Å². The van der Waals surface area contributed by atoms with Crippen LogP contribution >= 0.6 is 0 Å². The molecule has 1 N–H and O–H groups in total. The summed E-state index contributed by atoms with van der Waals surface area (Å²) in [5, 5.41) is 8.91. The Balaban J connectivity index is 1.42. The molecule has 2 aromatic carbocycles. The third kappa shape index (κ3) is 5.39. The monoisotopic (exact) mass is 369 g/mol. The van der Waals surface area contributed by atoms with E-state index in [4.69, 9.17) is 5.11 Å². The topological polar surface area (TPSA) is 57.6 Å². The molecule has 0 unspecified atom stereocenters. The first-order valence-electron chi connectivity index (χ1n) is 9.36. The summed E-state index contributed by atoms with van der Waals surface area (Å²) in [5.41, 5.74) is 2.37. The largest absolute Gasteiger partial charge is 0.478 e. The molecule has 0 aromatic heterocycles. The Morgan fingerprint density at radius 2 is 1.56 bits per heavy atom. The highest BCUT2D eigenvalue weighted by Gasteiger charge is 2.22. The molecule has 0 aliphatic carbocycles. The number of halogens is 1. The molecular formula is C22H24FNO3. The van der Waals surface area contributed by atoms with Crippen molar-refractivity contribution in [2.45, 2.75) is 32.1 Å². The van der Waals surface area contributed by atoms with Gasteiger partial charge in [-0.2, -0.15) is 0 Å². The van der Waals surface area contributed by atoms with Crippen LogP contribution in [0.2, 0.25) is 0 Å². The van der Waals surface area contributed by atoms with E-state index in [0.29, 0.717) is 18.8 Å². The molecule has 1 saturated heterocycles. The van der Waals surface area contributed by atoms with Crippen LogP contribution in [0.5, 0.6) is 0 Å². The highest BCUT2D eigenvalue weighted by Crippen LogP contribution is 2.22. The van der Waals surface area contributed by atoms with E-state index in [0.717, 1.165) is 43.5 Å². The van der Waals surface area contributed by atoms with Gasteiger partial charge >= 0.3 is 5.97 Å². The molecule has 0 bridgehead atoms. The second-order valence-corrected chi connectivity index (χ2v) is 7.16. The van der Waals surface area contributed by atoms with Crippen LogP contribution < -0.4 is 0 Å². The number of carboxylic acid groups (broad SMARTS) is 1. The van der Waals surface area contributed by atoms with Gasteiger partial charge in [-0.1, -0.05) is 24.3 Å². The van der Waals surface area contributed by atoms with Crippen LogP contribution in [0.15, 0.2) is 48.5 Å². The molecule has 1 aliphatic heterocycles. The van der Waals surface area contributed by atoms with E-state index in [1.165, 1.54) is 12.1 Å². The number of carboxylic acids is 1. The summed E-state index contributed by atoms with van der Waals surface area (Å²) in [6.07, 6.45) is 3.92. The maximum absolute atomic E-state index is 13.0. The van der Waals surface area contributed by atoms with Gasteiger partial charge in [-0.25, -0.2) is 9.18 Å². The maximum Gasteiger partial charge on any atom is 0.335 e. The van der Waals surface area contributed by atoms with Crippen molar-refractivity contribution in [2.75, 3.05) is 13.1 Å². The molecule has 4 nitrogen and oxygen atoms in total. The Bertz CT molecular complexity index is 778. The fraction of sp³-hybridized carbons (Fsp3) is 0.364. The van der Waals surface area contributed by atoms with E-state index in [1.807, 2.05) is 17.0 Å². The van der Waals surface area contributed by atoms with Gasteiger partial charge in [-0.05, 0) is 67.0 Å². The average molecular weight is 369 g/mol. The van der Waals surface area contributed by atoms with Gasteiger partial charge in [0.25, 0.3) is 0 Å². The molecule has 1 aliphatic rings. The lowest BCUT2D eigenvalue weighted by atomic mass is 9.90. The maximum atomic E-state index is 13.0. The van der Waals surface area contributed by atoms with E-state index >= 15 is 0 Å². The molecule has 0 saturated carbocycles. The third-order valence-corrected chi connectivity index (χ3v) is 5.23. The van der Waals surface area contributed by atoms with E-state index < -0.39 is 5.97 Å². The molecule has 2 aromatic rings. The third-order valence-electron chi connectivity index (χ3n) is 5.23. The lowest BCUT2D eigenvalue weighted by Gasteiger charge is -2.32. The molecule has 142 valence electrons. The zero-order valence-corrected chi connectivity index (χ0v) is 15.2. The number of carbonyl (C=O) groups excluding carboxylic acids is 1. The molecule has 0 atom stereocenters. The highest BCUT2D eigenvalue weighted by atomic mass is 19.1. The normalized spacial score (nSPS) is 14.9. The molecule has 0 spiro atoms. The molecule has 1 fully saturated rings. The summed E-state index contributed by atoms with van der Waals surface area (Å²) in [4.78, 5) is 25.2. The van der Waals surface area contributed by atoms with Crippen molar-refractivity contribution in [1.29, 1.82) is 0 Å². The second kappa shape index (κ2) is 8.80. The van der Waals surface area contributed by atoms with Gasteiger partial charge in [0.2, 0.25) is 5.91 Å². The lowest BCUT2D eigenvalue weighted by molar-refractivity contribution is -0.132. The van der Waals surface area contributed by atoms with E-state index in [2.05, 4.69) is 0 Å². The Kier molecular flexibility index (Phi) is 6.22. The summed E-state index contributed by atoms with van der Waals surface area (Å²) in [6.45, 7) is 1.53. The van der Waals surface area contributed by atoms with Crippen LogP contribution in [-0.4, -0.2) is 35.0 Å². The first-order valence-corrected chi connectivity index (χ1v) is 9.36. The number of hydrogen-bond acceptors (Lipinski definition) is 2. The summed E-state index contributed by atoms with van der Waals surface area (Å²) in [7, 11) is 0. The van der Waals surface area contributed by atoms with Gasteiger partial charge in [0.15, 0.2) is 0 Å². The Morgan fingerprint density at radius 1 is 0.963 bits per heavy atom. The Hall–Kier alpha value is -2.69. The standard InChI is InChI=1S/C22H24FNO3/c23-20-8-3-17(4-9-20)15-18-11-13-24(14-12-18)21(25)10-5-16-1-6-19(7-2-16)22(26)27/h1-4,6-9,18H,5,10-15H2,(H,26,27). The number of nitrogens with zero attached hydrogens (tertiary/aromatic N) is 1. The van der Waals surface area contributed by atoms with Crippen molar-refractivity contribution < 1.29 is 19.1 Å². The predicted octanol–water partition coefficient (Wildman–Crippen LogP) is 3.94. The second-order valence-electron chi connectivity index (χ2n) is 7.16. The highest BCUT2D eigenvalue weighted by molar-refractivity contribution is 5.87. The number of likely N-dealkylation sites (tertiary alicyclic amines) is 1. The van der Waals surface area contributed by atoms with Crippen molar-refractivity contribution in [3.05, 3.63) is 71.0 Å². The quantitative estimate of drug-likeness (QED) is 0.839. The van der Waals surface area contributed by atoms with Crippen LogP contribution in [0.1, 0.15) is 40.7 Å². The van der Waals surface area contributed by atoms with E-state index in [-0.39, 0.29) is 17.3 Å². The number of hydrogen-bond donors (Lipinski definition) is 1. The molecule has 1 amide bonds. The van der Waals surface area contributed by atoms with E-state index in [1.54, 1.807) is 24.3 Å². The number of amides is 1. The van der Waals surface area contributed by atoms with Gasteiger partial charge in [0.05, 0.1) is 5.56 Å². The van der Waals surface area contributed by atoms with Crippen LogP contribution in [0, 0.1) is 11.7 Å². The Morgan fingerprint density at radius 3 is 2.15 bits per heavy atom. The van der Waals surface area contributed by atoms with Crippen molar-refractivity contribution in [1.82, 2.24) is 4.90 Å². The van der Waals surface area contributed by atoms with Crippen molar-refractivity contribution in [3.63, 3.8) is 0 Å². The summed E-state index contributed by atoms with van der Waals surface area (Å²) in [5.74, 6) is -0.474. The molecule has 1 heterocycles. The minimum Gasteiger partial charge on any atom is -0.478 e. The van der Waals surface area contributed by atoms with Crippen molar-refractivity contribution >= 4 is 11.9 Å². The first-order chi connectivity index (χ1) is 13.0. The first kappa shape index (κ1) is 19.1. The minimum absolute atomic E-state index is 0.151. The van der Waals surface area contributed by atoms with Gasteiger partial charge < -0.3 is 10.0 Å². The van der Waals surface area contributed by atoms with Crippen molar-refractivity contribution in [3.8, 4) is 0 Å². The predicted molar refractivity (Wildman–Crippen MR) is 101 cm³/mol. The summed E-state index contributed by atoms with van der Waals surface area (Å²) >= 11 is 0. The minimum atomic E-state index is -0.943. The fourth-order valence-electron chi connectivity index (χ4n) is 3.56. The zero-order valence-electron chi connectivity index (χ0n) is 15.2.